The highest BCUT2D eigenvalue weighted by Crippen LogP contribution is 2.49. The van der Waals surface area contributed by atoms with Crippen molar-refractivity contribution in [1.82, 2.24) is 4.57 Å². The zero-order chi connectivity index (χ0) is 29.8. The maximum atomic E-state index is 10.1. The summed E-state index contributed by atoms with van der Waals surface area (Å²) in [6.07, 6.45) is 0. The van der Waals surface area contributed by atoms with Crippen LogP contribution < -0.4 is 0 Å². The summed E-state index contributed by atoms with van der Waals surface area (Å²) in [5.74, 6) is -0.0390. The first-order valence-corrected chi connectivity index (χ1v) is 14.4. The molecule has 7 aromatic rings. The van der Waals surface area contributed by atoms with E-state index in [-0.39, 0.29) is 5.92 Å². The SMILES string of the molecule is [C-]#[N+]c1ccc2c(c1)-c1ccccc1C2c1cc(C#N)cc(-c2cccc(-n3c4ccccc4c4cc(C#N)ccc43)c2)c1. The van der Waals surface area contributed by atoms with E-state index < -0.39 is 0 Å². The molecule has 1 unspecified atom stereocenters. The average Bonchev–Trinajstić information content (AvgIpc) is 3.60. The van der Waals surface area contributed by atoms with Crippen LogP contribution in [0.1, 0.15) is 33.7 Å². The van der Waals surface area contributed by atoms with Crippen molar-refractivity contribution in [3.8, 4) is 40.1 Å². The lowest BCUT2D eigenvalue weighted by molar-refractivity contribution is 1.01. The maximum absolute atomic E-state index is 10.1. The molecule has 1 atom stereocenters. The molecule has 1 heterocycles. The van der Waals surface area contributed by atoms with Gasteiger partial charge in [0.1, 0.15) is 0 Å². The van der Waals surface area contributed by atoms with Crippen LogP contribution >= 0.6 is 0 Å². The molecule has 1 aliphatic carbocycles. The molecule has 0 spiro atoms. The van der Waals surface area contributed by atoms with Crippen LogP contribution in [0.25, 0.3) is 54.6 Å². The first-order chi connectivity index (χ1) is 21.7. The van der Waals surface area contributed by atoms with Gasteiger partial charge in [-0.15, -0.1) is 0 Å². The molecule has 0 aliphatic heterocycles. The van der Waals surface area contributed by atoms with E-state index in [4.69, 9.17) is 6.57 Å². The minimum atomic E-state index is -0.0390. The lowest BCUT2D eigenvalue weighted by Gasteiger charge is -2.17. The molecule has 6 aromatic carbocycles. The van der Waals surface area contributed by atoms with Crippen molar-refractivity contribution in [2.24, 2.45) is 0 Å². The van der Waals surface area contributed by atoms with Crippen molar-refractivity contribution in [3.63, 3.8) is 0 Å². The molecule has 0 saturated carbocycles. The van der Waals surface area contributed by atoms with Crippen molar-refractivity contribution in [2.75, 3.05) is 0 Å². The van der Waals surface area contributed by atoms with E-state index in [1.807, 2.05) is 60.7 Å². The highest BCUT2D eigenvalue weighted by atomic mass is 15.0. The van der Waals surface area contributed by atoms with Gasteiger partial charge in [0.15, 0.2) is 5.69 Å². The molecule has 8 rings (SSSR count). The third-order valence-corrected chi connectivity index (χ3v) is 8.70. The summed E-state index contributed by atoms with van der Waals surface area (Å²) in [5.41, 5.74) is 12.5. The smallest absolute Gasteiger partial charge is 0.187 e. The largest absolute Gasteiger partial charge is 0.309 e. The maximum Gasteiger partial charge on any atom is 0.187 e. The van der Waals surface area contributed by atoms with Crippen LogP contribution in [-0.2, 0) is 0 Å². The van der Waals surface area contributed by atoms with Gasteiger partial charge in [0.05, 0.1) is 40.9 Å². The highest BCUT2D eigenvalue weighted by molar-refractivity contribution is 6.09. The lowest BCUT2D eigenvalue weighted by Crippen LogP contribution is -2.01. The van der Waals surface area contributed by atoms with Gasteiger partial charge in [-0.2, -0.15) is 10.5 Å². The third-order valence-electron chi connectivity index (χ3n) is 8.70. The quantitative estimate of drug-likeness (QED) is 0.203. The van der Waals surface area contributed by atoms with E-state index in [9.17, 15) is 10.5 Å². The van der Waals surface area contributed by atoms with Crippen LogP contribution in [0, 0.1) is 29.2 Å². The van der Waals surface area contributed by atoms with Gasteiger partial charge in [0, 0.05) is 22.4 Å². The third kappa shape index (κ3) is 3.82. The van der Waals surface area contributed by atoms with Crippen molar-refractivity contribution >= 4 is 27.5 Å². The van der Waals surface area contributed by atoms with E-state index in [1.165, 1.54) is 5.56 Å². The monoisotopic (exact) mass is 558 g/mol. The van der Waals surface area contributed by atoms with Gasteiger partial charge in [-0.3, -0.25) is 0 Å². The Morgan fingerprint density at radius 1 is 0.591 bits per heavy atom. The fourth-order valence-corrected chi connectivity index (χ4v) is 6.81. The van der Waals surface area contributed by atoms with Gasteiger partial charge in [-0.05, 0) is 93.5 Å². The second-order valence-corrected chi connectivity index (χ2v) is 11.1. The van der Waals surface area contributed by atoms with Gasteiger partial charge in [0.2, 0.25) is 0 Å². The summed E-state index contributed by atoms with van der Waals surface area (Å²) >= 11 is 0. The molecule has 0 fully saturated rings. The molecule has 0 radical (unpaired) electrons. The number of rotatable bonds is 3. The summed E-state index contributed by atoms with van der Waals surface area (Å²) in [4.78, 5) is 3.67. The highest BCUT2D eigenvalue weighted by Gasteiger charge is 2.30. The van der Waals surface area contributed by atoms with Crippen LogP contribution in [-0.4, -0.2) is 4.57 Å². The van der Waals surface area contributed by atoms with Crippen molar-refractivity contribution < 1.29 is 0 Å². The van der Waals surface area contributed by atoms with Crippen molar-refractivity contribution in [3.05, 3.63) is 167 Å². The fraction of sp³-hybridized carbons (Fsp3) is 0.0250. The van der Waals surface area contributed by atoms with Crippen molar-refractivity contribution in [2.45, 2.75) is 5.92 Å². The molecular weight excluding hydrogens is 536 g/mol. The van der Waals surface area contributed by atoms with E-state index in [0.29, 0.717) is 16.8 Å². The van der Waals surface area contributed by atoms with Crippen LogP contribution in [0.5, 0.6) is 0 Å². The molecule has 0 N–H and O–H groups in total. The number of hydrogen-bond donors (Lipinski definition) is 0. The molecule has 1 aromatic heterocycles. The number of aromatic nitrogens is 1. The van der Waals surface area contributed by atoms with E-state index in [1.54, 1.807) is 0 Å². The average molecular weight is 559 g/mol. The Hall–Kier alpha value is -6.41. The van der Waals surface area contributed by atoms with Crippen molar-refractivity contribution in [1.29, 1.82) is 10.5 Å². The summed E-state index contributed by atoms with van der Waals surface area (Å²) < 4.78 is 2.24. The Morgan fingerprint density at radius 3 is 2.25 bits per heavy atom. The summed E-state index contributed by atoms with van der Waals surface area (Å²) in [5, 5.41) is 21.8. The second kappa shape index (κ2) is 9.85. The van der Waals surface area contributed by atoms with Crippen LogP contribution in [0.2, 0.25) is 0 Å². The van der Waals surface area contributed by atoms with E-state index in [0.717, 1.165) is 60.9 Å². The molecule has 4 heteroatoms. The van der Waals surface area contributed by atoms with Gasteiger partial charge >= 0.3 is 0 Å². The molecular formula is C40H22N4. The van der Waals surface area contributed by atoms with Gasteiger partial charge in [-0.1, -0.05) is 72.8 Å². The molecule has 0 amide bonds. The Kier molecular flexibility index (Phi) is 5.67. The normalized spacial score (nSPS) is 13.2. The summed E-state index contributed by atoms with van der Waals surface area (Å²) in [6, 6.07) is 47.6. The number of para-hydroxylation sites is 1. The van der Waals surface area contributed by atoms with Crippen LogP contribution in [0.15, 0.2) is 127 Å². The Balaban J connectivity index is 1.30. The number of nitriles is 2. The zero-order valence-electron chi connectivity index (χ0n) is 23.5. The molecule has 202 valence electrons. The van der Waals surface area contributed by atoms with Crippen LogP contribution in [0.3, 0.4) is 0 Å². The van der Waals surface area contributed by atoms with Gasteiger partial charge in [-0.25, -0.2) is 4.85 Å². The molecule has 44 heavy (non-hydrogen) atoms. The van der Waals surface area contributed by atoms with Gasteiger partial charge in [0.25, 0.3) is 0 Å². The molecule has 1 aliphatic rings. The fourth-order valence-electron chi connectivity index (χ4n) is 6.81. The first-order valence-electron chi connectivity index (χ1n) is 14.4. The predicted octanol–water partition coefficient (Wildman–Crippen LogP) is 9.91. The second-order valence-electron chi connectivity index (χ2n) is 11.1. The number of fused-ring (bicyclic) bond motifs is 6. The summed E-state index contributed by atoms with van der Waals surface area (Å²) in [6.45, 7) is 7.53. The number of nitrogens with zero attached hydrogens (tertiary/aromatic N) is 4. The molecule has 4 nitrogen and oxygen atoms in total. The van der Waals surface area contributed by atoms with Gasteiger partial charge < -0.3 is 4.57 Å². The predicted molar refractivity (Wildman–Crippen MR) is 175 cm³/mol. The lowest BCUT2D eigenvalue weighted by atomic mass is 9.86. The molecule has 0 saturated heterocycles. The minimum absolute atomic E-state index is 0.0390. The molecule has 0 bridgehead atoms. The summed E-state index contributed by atoms with van der Waals surface area (Å²) in [7, 11) is 0. The Bertz CT molecular complexity index is 2440. The zero-order valence-corrected chi connectivity index (χ0v) is 23.5. The Labute approximate surface area is 254 Å². The van der Waals surface area contributed by atoms with E-state index >= 15 is 0 Å². The van der Waals surface area contributed by atoms with E-state index in [2.05, 4.69) is 88.3 Å². The number of benzene rings is 6. The first kappa shape index (κ1) is 25.3. The standard InChI is InChI=1S/C40H22N4/c1-43-30-14-15-35-36(22-30)32-9-2-3-11-34(32)40(35)29-18-26(24-42)17-28(20-29)27-7-6-8-31(21-27)44-38-12-5-4-10-33(38)37-19-25(23-41)13-16-39(37)44/h2-22,40H. The van der Waals surface area contributed by atoms with Crippen LogP contribution in [0.4, 0.5) is 5.69 Å². The topological polar surface area (TPSA) is 56.9 Å². The number of hydrogen-bond acceptors (Lipinski definition) is 2. The Morgan fingerprint density at radius 2 is 1.39 bits per heavy atom. The minimum Gasteiger partial charge on any atom is -0.309 e.